The second-order valence-electron chi connectivity index (χ2n) is 6.90. The summed E-state index contributed by atoms with van der Waals surface area (Å²) in [7, 11) is 0. The van der Waals surface area contributed by atoms with Gasteiger partial charge in [0.25, 0.3) is 0 Å². The molecule has 2 fully saturated rings. The van der Waals surface area contributed by atoms with Crippen LogP contribution in [-0.2, 0) is 11.3 Å². The minimum Gasteiger partial charge on any atom is -0.378 e. The van der Waals surface area contributed by atoms with E-state index in [2.05, 4.69) is 24.1 Å². The molecule has 0 amide bonds. The fourth-order valence-corrected chi connectivity index (χ4v) is 4.64. The zero-order valence-corrected chi connectivity index (χ0v) is 17.2. The number of anilines is 1. The van der Waals surface area contributed by atoms with Gasteiger partial charge in [-0.05, 0) is 31.0 Å². The van der Waals surface area contributed by atoms with Gasteiger partial charge in [-0.2, -0.15) is 11.8 Å². The van der Waals surface area contributed by atoms with Gasteiger partial charge in [-0.1, -0.05) is 13.0 Å². The van der Waals surface area contributed by atoms with Gasteiger partial charge in [-0.15, -0.1) is 0 Å². The second kappa shape index (κ2) is 10.2. The number of thioether (sulfide) groups is 1. The zero-order chi connectivity index (χ0) is 19.1. The third-order valence-electron chi connectivity index (χ3n) is 5.00. The molecule has 2 aliphatic heterocycles. The molecule has 0 spiro atoms. The molecule has 27 heavy (non-hydrogen) atoms. The molecule has 2 aliphatic rings. The highest BCUT2D eigenvalue weighted by atomic mass is 32.2. The van der Waals surface area contributed by atoms with E-state index in [0.29, 0.717) is 30.7 Å². The molecule has 1 aromatic rings. The quantitative estimate of drug-likeness (QED) is 0.614. The Morgan fingerprint density at radius 1 is 1.30 bits per heavy atom. The van der Waals surface area contributed by atoms with Crippen molar-refractivity contribution in [1.82, 2.24) is 10.2 Å². The van der Waals surface area contributed by atoms with Crippen LogP contribution in [0, 0.1) is 5.82 Å². The predicted molar refractivity (Wildman–Crippen MR) is 112 cm³/mol. The second-order valence-corrected chi connectivity index (χ2v) is 8.31. The number of nitrogens with zero attached hydrogens (tertiary/aromatic N) is 3. The number of hydrogen-bond donors (Lipinski definition) is 1. The fraction of sp³-hybridized carbons (Fsp3) is 0.650. The molecule has 0 bridgehead atoms. The van der Waals surface area contributed by atoms with Crippen molar-refractivity contribution in [2.45, 2.75) is 32.1 Å². The third kappa shape index (κ3) is 5.51. The highest BCUT2D eigenvalue weighted by Gasteiger charge is 2.21. The minimum atomic E-state index is -0.171. The van der Waals surface area contributed by atoms with Crippen LogP contribution >= 0.6 is 11.8 Å². The van der Waals surface area contributed by atoms with E-state index in [4.69, 9.17) is 9.73 Å². The molecule has 1 unspecified atom stereocenters. The number of rotatable bonds is 5. The van der Waals surface area contributed by atoms with Crippen molar-refractivity contribution in [3.05, 3.63) is 29.6 Å². The van der Waals surface area contributed by atoms with Crippen LogP contribution in [0.15, 0.2) is 23.2 Å². The van der Waals surface area contributed by atoms with Gasteiger partial charge in [0.15, 0.2) is 5.96 Å². The van der Waals surface area contributed by atoms with Crippen LogP contribution in [0.1, 0.15) is 25.8 Å². The van der Waals surface area contributed by atoms with Gasteiger partial charge >= 0.3 is 0 Å². The monoisotopic (exact) mass is 394 g/mol. The SMILES string of the molecule is CCNC(=NCc1ccc(N2CCOCC2)c(F)c1)N1CCSC(CC)C1. The van der Waals surface area contributed by atoms with Gasteiger partial charge in [0.1, 0.15) is 5.82 Å². The molecule has 5 nitrogen and oxygen atoms in total. The van der Waals surface area contributed by atoms with E-state index < -0.39 is 0 Å². The summed E-state index contributed by atoms with van der Waals surface area (Å²) in [4.78, 5) is 9.17. The third-order valence-corrected chi connectivity index (χ3v) is 6.38. The lowest BCUT2D eigenvalue weighted by Crippen LogP contribution is -2.48. The summed E-state index contributed by atoms with van der Waals surface area (Å²) in [5.41, 5.74) is 1.56. The molecule has 0 aromatic heterocycles. The maximum absolute atomic E-state index is 14.6. The molecular formula is C20H31FN4OS. The van der Waals surface area contributed by atoms with E-state index in [1.54, 1.807) is 6.07 Å². The first kappa shape index (κ1) is 20.3. The Labute approximate surface area is 166 Å². The summed E-state index contributed by atoms with van der Waals surface area (Å²) >= 11 is 2.05. The van der Waals surface area contributed by atoms with Crippen molar-refractivity contribution < 1.29 is 9.13 Å². The van der Waals surface area contributed by atoms with Gasteiger partial charge in [-0.25, -0.2) is 9.38 Å². The molecule has 7 heteroatoms. The summed E-state index contributed by atoms with van der Waals surface area (Å²) in [5, 5.41) is 4.06. The topological polar surface area (TPSA) is 40.1 Å². The first-order valence-electron chi connectivity index (χ1n) is 9.97. The van der Waals surface area contributed by atoms with Crippen molar-refractivity contribution in [1.29, 1.82) is 0 Å². The fourth-order valence-electron chi connectivity index (χ4n) is 3.46. The number of morpholine rings is 1. The van der Waals surface area contributed by atoms with Gasteiger partial charge in [0.2, 0.25) is 0 Å². The van der Waals surface area contributed by atoms with E-state index in [-0.39, 0.29) is 5.82 Å². The summed E-state index contributed by atoms with van der Waals surface area (Å²) in [6, 6.07) is 5.49. The number of hydrogen-bond acceptors (Lipinski definition) is 4. The summed E-state index contributed by atoms with van der Waals surface area (Å²) < 4.78 is 19.9. The van der Waals surface area contributed by atoms with E-state index in [1.807, 2.05) is 28.8 Å². The molecule has 0 radical (unpaired) electrons. The highest BCUT2D eigenvalue weighted by molar-refractivity contribution is 8.00. The van der Waals surface area contributed by atoms with Crippen LogP contribution in [0.4, 0.5) is 10.1 Å². The lowest BCUT2D eigenvalue weighted by molar-refractivity contribution is 0.122. The van der Waals surface area contributed by atoms with Crippen molar-refractivity contribution in [3.8, 4) is 0 Å². The number of halogens is 1. The Morgan fingerprint density at radius 3 is 2.81 bits per heavy atom. The van der Waals surface area contributed by atoms with E-state index in [1.165, 1.54) is 6.42 Å². The van der Waals surface area contributed by atoms with Crippen LogP contribution in [0.25, 0.3) is 0 Å². The minimum absolute atomic E-state index is 0.171. The molecule has 1 atom stereocenters. The number of ether oxygens (including phenoxy) is 1. The standard InChI is InChI=1S/C20H31FN4OS/c1-3-17-15-25(9-12-27-17)20(22-4-2)23-14-16-5-6-19(18(21)13-16)24-7-10-26-11-8-24/h5-6,13,17H,3-4,7-12,14-15H2,1-2H3,(H,22,23). The number of guanidine groups is 1. The van der Waals surface area contributed by atoms with Crippen molar-refractivity contribution >= 4 is 23.4 Å². The molecule has 0 saturated carbocycles. The zero-order valence-electron chi connectivity index (χ0n) is 16.4. The molecule has 3 rings (SSSR count). The Morgan fingerprint density at radius 2 is 2.11 bits per heavy atom. The van der Waals surface area contributed by atoms with Gasteiger partial charge in [0, 0.05) is 43.7 Å². The number of benzene rings is 1. The molecule has 1 N–H and O–H groups in total. The van der Waals surface area contributed by atoms with Crippen molar-refractivity contribution in [2.24, 2.45) is 4.99 Å². The van der Waals surface area contributed by atoms with Crippen LogP contribution in [0.2, 0.25) is 0 Å². The Bertz CT molecular complexity index is 636. The van der Waals surface area contributed by atoms with E-state index in [0.717, 1.165) is 50.0 Å². The first-order chi connectivity index (χ1) is 13.2. The van der Waals surface area contributed by atoms with E-state index >= 15 is 0 Å². The maximum atomic E-state index is 14.6. The van der Waals surface area contributed by atoms with Gasteiger partial charge in [-0.3, -0.25) is 0 Å². The molecule has 2 heterocycles. The largest absolute Gasteiger partial charge is 0.378 e. The van der Waals surface area contributed by atoms with Gasteiger partial charge in [0.05, 0.1) is 25.4 Å². The van der Waals surface area contributed by atoms with Crippen LogP contribution in [0.5, 0.6) is 0 Å². The van der Waals surface area contributed by atoms with Crippen LogP contribution < -0.4 is 10.2 Å². The molecule has 0 aliphatic carbocycles. The molecule has 2 saturated heterocycles. The summed E-state index contributed by atoms with van der Waals surface area (Å²) in [6.45, 7) is 10.5. The lowest BCUT2D eigenvalue weighted by atomic mass is 10.1. The van der Waals surface area contributed by atoms with Crippen LogP contribution in [-0.4, -0.2) is 67.8 Å². The Balaban J connectivity index is 1.67. The summed E-state index contributed by atoms with van der Waals surface area (Å²) in [6.07, 6.45) is 1.18. The van der Waals surface area contributed by atoms with Gasteiger partial charge < -0.3 is 19.9 Å². The Kier molecular flexibility index (Phi) is 7.64. The normalized spacial score (nSPS) is 21.4. The number of aliphatic imine (C=N–C) groups is 1. The average molecular weight is 395 g/mol. The smallest absolute Gasteiger partial charge is 0.194 e. The van der Waals surface area contributed by atoms with E-state index in [9.17, 15) is 4.39 Å². The number of nitrogens with one attached hydrogen (secondary N) is 1. The lowest BCUT2D eigenvalue weighted by Gasteiger charge is -2.34. The highest BCUT2D eigenvalue weighted by Crippen LogP contribution is 2.23. The average Bonchev–Trinajstić information content (AvgIpc) is 2.72. The first-order valence-corrected chi connectivity index (χ1v) is 11.0. The van der Waals surface area contributed by atoms with Crippen molar-refractivity contribution in [2.75, 3.05) is 56.6 Å². The molecular weight excluding hydrogens is 363 g/mol. The summed E-state index contributed by atoms with van der Waals surface area (Å²) in [5.74, 6) is 1.90. The predicted octanol–water partition coefficient (Wildman–Crippen LogP) is 2.96. The molecule has 1 aromatic carbocycles. The Hall–Kier alpha value is -1.47. The molecule has 150 valence electrons. The van der Waals surface area contributed by atoms with Crippen LogP contribution in [0.3, 0.4) is 0 Å². The maximum Gasteiger partial charge on any atom is 0.194 e. The van der Waals surface area contributed by atoms with Crippen molar-refractivity contribution in [3.63, 3.8) is 0 Å².